The average molecular weight is 401 g/mol. The smallest absolute Gasteiger partial charge is 0.245 e. The largest absolute Gasteiger partial charge is 0.544 e. The molecule has 0 aromatic heterocycles. The Morgan fingerprint density at radius 3 is 1.82 bits per heavy atom. The monoisotopic (exact) mass is 400 g/mol. The molecule has 2 rings (SSSR count). The van der Waals surface area contributed by atoms with Crippen molar-refractivity contribution >= 4 is 20.5 Å². The first-order valence-corrected chi connectivity index (χ1v) is 12.7. The fourth-order valence-corrected chi connectivity index (χ4v) is 6.20. The van der Waals surface area contributed by atoms with Crippen molar-refractivity contribution in [3.8, 4) is 23.0 Å². The Balaban J connectivity index is 2.15. The third-order valence-corrected chi connectivity index (χ3v) is 6.92. The highest BCUT2D eigenvalue weighted by molar-refractivity contribution is 6.71. The topological polar surface area (TPSA) is 36.9 Å². The summed E-state index contributed by atoms with van der Waals surface area (Å²) >= 11 is 0. The molecule has 0 bridgehead atoms. The molecular formula is C23H32O4Si. The van der Waals surface area contributed by atoms with E-state index in [0.29, 0.717) is 23.2 Å². The minimum atomic E-state index is -1.68. The molecule has 0 spiro atoms. The Morgan fingerprint density at radius 2 is 1.36 bits per heavy atom. The van der Waals surface area contributed by atoms with Crippen LogP contribution >= 0.6 is 0 Å². The van der Waals surface area contributed by atoms with Gasteiger partial charge in [-0.15, -0.1) is 0 Å². The fraction of sp³-hybridized carbons (Fsp3) is 0.391. The molecule has 0 unspecified atom stereocenters. The van der Waals surface area contributed by atoms with Crippen LogP contribution in [0.4, 0.5) is 0 Å². The van der Waals surface area contributed by atoms with Crippen molar-refractivity contribution in [3.63, 3.8) is 0 Å². The highest BCUT2D eigenvalue weighted by Crippen LogP contribution is 2.38. The summed E-state index contributed by atoms with van der Waals surface area (Å²) in [6.45, 7) is 9.03. The van der Waals surface area contributed by atoms with E-state index in [1.165, 1.54) is 0 Å². The molecule has 0 fully saturated rings. The van der Waals surface area contributed by atoms with Gasteiger partial charge in [-0.25, -0.2) is 0 Å². The lowest BCUT2D eigenvalue weighted by molar-refractivity contribution is 0.324. The van der Waals surface area contributed by atoms with Crippen molar-refractivity contribution < 1.29 is 18.6 Å². The standard InChI is InChI=1S/C23H32O4Si/c1-17(2)16-28(6,7)27-20-12-10-18(11-13-20)8-9-19-14-21(24-3)23(26-5)22(15-19)25-4/h8-15,17H,16H2,1-7H3/b9-8-. The van der Waals surface area contributed by atoms with Gasteiger partial charge in [0.05, 0.1) is 21.3 Å². The zero-order valence-electron chi connectivity index (χ0n) is 18.0. The van der Waals surface area contributed by atoms with E-state index >= 15 is 0 Å². The molecule has 0 saturated carbocycles. The highest BCUT2D eigenvalue weighted by Gasteiger charge is 2.25. The second-order valence-corrected chi connectivity index (χ2v) is 12.0. The molecule has 0 saturated heterocycles. The van der Waals surface area contributed by atoms with Crippen LogP contribution in [0.15, 0.2) is 36.4 Å². The Bertz CT molecular complexity index is 770. The fourth-order valence-electron chi connectivity index (χ4n) is 3.38. The summed E-state index contributed by atoms with van der Waals surface area (Å²) in [5.74, 6) is 3.48. The number of methoxy groups -OCH3 is 3. The predicted molar refractivity (Wildman–Crippen MR) is 119 cm³/mol. The SMILES string of the molecule is COc1cc(/C=C\c2ccc(O[Si](C)(C)CC(C)C)cc2)cc(OC)c1OC. The molecule has 0 aliphatic carbocycles. The van der Waals surface area contributed by atoms with Crippen LogP contribution in [0.5, 0.6) is 23.0 Å². The van der Waals surface area contributed by atoms with Gasteiger partial charge in [0.15, 0.2) is 11.5 Å². The molecular weight excluding hydrogens is 368 g/mol. The van der Waals surface area contributed by atoms with Gasteiger partial charge in [0.2, 0.25) is 14.1 Å². The van der Waals surface area contributed by atoms with E-state index in [4.69, 9.17) is 18.6 Å². The molecule has 0 aliphatic rings. The molecule has 0 radical (unpaired) electrons. The number of ether oxygens (including phenoxy) is 3. The molecule has 0 heterocycles. The molecule has 2 aromatic rings. The van der Waals surface area contributed by atoms with Gasteiger partial charge in [-0.3, -0.25) is 0 Å². The van der Waals surface area contributed by atoms with Crippen LogP contribution in [0.25, 0.3) is 12.2 Å². The molecule has 5 heteroatoms. The molecule has 0 amide bonds. The van der Waals surface area contributed by atoms with Crippen molar-refractivity contribution in [1.82, 2.24) is 0 Å². The summed E-state index contributed by atoms with van der Waals surface area (Å²) in [4.78, 5) is 0. The van der Waals surface area contributed by atoms with Crippen molar-refractivity contribution in [2.75, 3.05) is 21.3 Å². The second kappa shape index (κ2) is 9.69. The third kappa shape index (κ3) is 6.06. The molecule has 0 N–H and O–H groups in total. The number of rotatable bonds is 9. The van der Waals surface area contributed by atoms with Crippen molar-refractivity contribution in [1.29, 1.82) is 0 Å². The van der Waals surface area contributed by atoms with Crippen LogP contribution < -0.4 is 18.6 Å². The van der Waals surface area contributed by atoms with Gasteiger partial charge >= 0.3 is 0 Å². The predicted octanol–water partition coefficient (Wildman–Crippen LogP) is 6.12. The van der Waals surface area contributed by atoms with E-state index in [0.717, 1.165) is 22.9 Å². The Morgan fingerprint density at radius 1 is 0.821 bits per heavy atom. The Hall–Kier alpha value is -2.40. The molecule has 0 atom stereocenters. The van der Waals surface area contributed by atoms with E-state index in [1.54, 1.807) is 21.3 Å². The van der Waals surface area contributed by atoms with Crippen LogP contribution in [-0.2, 0) is 0 Å². The maximum atomic E-state index is 6.28. The summed E-state index contributed by atoms with van der Waals surface area (Å²) in [6.07, 6.45) is 4.08. The number of benzene rings is 2. The van der Waals surface area contributed by atoms with Crippen molar-refractivity contribution in [2.45, 2.75) is 33.0 Å². The van der Waals surface area contributed by atoms with E-state index in [9.17, 15) is 0 Å². The van der Waals surface area contributed by atoms with E-state index in [1.807, 2.05) is 30.3 Å². The Labute approximate surface area is 170 Å². The molecule has 2 aromatic carbocycles. The van der Waals surface area contributed by atoms with Gasteiger partial charge in [-0.05, 0) is 60.4 Å². The second-order valence-electron chi connectivity index (χ2n) is 7.82. The van der Waals surface area contributed by atoms with E-state index < -0.39 is 8.32 Å². The van der Waals surface area contributed by atoms with Crippen LogP contribution in [0, 0.1) is 5.92 Å². The van der Waals surface area contributed by atoms with Gasteiger partial charge in [0.1, 0.15) is 5.75 Å². The zero-order chi connectivity index (χ0) is 20.7. The average Bonchev–Trinajstić information content (AvgIpc) is 2.65. The molecule has 28 heavy (non-hydrogen) atoms. The van der Waals surface area contributed by atoms with Crippen molar-refractivity contribution in [2.24, 2.45) is 5.92 Å². The first-order chi connectivity index (χ1) is 13.3. The lowest BCUT2D eigenvalue weighted by Gasteiger charge is -2.25. The minimum Gasteiger partial charge on any atom is -0.544 e. The van der Waals surface area contributed by atoms with Gasteiger partial charge in [-0.1, -0.05) is 38.1 Å². The number of hydrogen-bond donors (Lipinski definition) is 0. The van der Waals surface area contributed by atoms with Gasteiger partial charge in [0, 0.05) is 0 Å². The summed E-state index contributed by atoms with van der Waals surface area (Å²) in [6, 6.07) is 13.2. The van der Waals surface area contributed by atoms with Crippen LogP contribution in [0.3, 0.4) is 0 Å². The Kier molecular flexibility index (Phi) is 7.58. The van der Waals surface area contributed by atoms with Crippen LogP contribution in [0.2, 0.25) is 19.1 Å². The van der Waals surface area contributed by atoms with Crippen LogP contribution in [-0.4, -0.2) is 29.6 Å². The lowest BCUT2D eigenvalue weighted by Crippen LogP contribution is -2.35. The lowest BCUT2D eigenvalue weighted by atomic mass is 10.1. The summed E-state index contributed by atoms with van der Waals surface area (Å²) in [7, 11) is 3.16. The summed E-state index contributed by atoms with van der Waals surface area (Å²) < 4.78 is 22.5. The van der Waals surface area contributed by atoms with Crippen molar-refractivity contribution in [3.05, 3.63) is 47.5 Å². The van der Waals surface area contributed by atoms with Gasteiger partial charge < -0.3 is 18.6 Å². The molecule has 4 nitrogen and oxygen atoms in total. The third-order valence-electron chi connectivity index (χ3n) is 4.33. The van der Waals surface area contributed by atoms with Crippen LogP contribution in [0.1, 0.15) is 25.0 Å². The summed E-state index contributed by atoms with van der Waals surface area (Å²) in [5, 5.41) is 0. The molecule has 152 valence electrons. The van der Waals surface area contributed by atoms with E-state index in [2.05, 4.69) is 45.2 Å². The first-order valence-electron chi connectivity index (χ1n) is 9.55. The highest BCUT2D eigenvalue weighted by atomic mass is 28.4. The number of hydrogen-bond acceptors (Lipinski definition) is 4. The maximum Gasteiger partial charge on any atom is 0.245 e. The quantitative estimate of drug-likeness (QED) is 0.375. The normalized spacial score (nSPS) is 11.7. The van der Waals surface area contributed by atoms with Gasteiger partial charge in [-0.2, -0.15) is 0 Å². The van der Waals surface area contributed by atoms with Gasteiger partial charge in [0.25, 0.3) is 0 Å². The first kappa shape index (κ1) is 21.9. The van der Waals surface area contributed by atoms with E-state index in [-0.39, 0.29) is 0 Å². The molecule has 0 aliphatic heterocycles. The minimum absolute atomic E-state index is 0.594. The maximum absolute atomic E-state index is 6.28. The zero-order valence-corrected chi connectivity index (χ0v) is 19.0. The summed E-state index contributed by atoms with van der Waals surface area (Å²) in [5.41, 5.74) is 2.07.